The molecule has 312 valence electrons. The molecular weight excluding hydrogens is 905 g/mol. The second-order valence-corrected chi connectivity index (χ2v) is 15.3. The molecule has 4 aromatic carbocycles. The van der Waals surface area contributed by atoms with Crippen molar-refractivity contribution in [1.29, 1.82) is 10.5 Å². The van der Waals surface area contributed by atoms with Gasteiger partial charge < -0.3 is 27.0 Å². The van der Waals surface area contributed by atoms with Crippen LogP contribution in [0.4, 0.5) is 10.2 Å². The van der Waals surface area contributed by atoms with Crippen LogP contribution in [-0.2, 0) is 25.2 Å². The van der Waals surface area contributed by atoms with Gasteiger partial charge in [-0.1, -0.05) is 70.7 Å². The molecule has 2 aliphatic rings. The number of nitrogens with one attached hydrogen (secondary N) is 2. The number of halogens is 3. The molecule has 0 spiro atoms. The average Bonchev–Trinajstić information content (AvgIpc) is 4.19. The second kappa shape index (κ2) is 22.4. The van der Waals surface area contributed by atoms with Gasteiger partial charge in [0, 0.05) is 20.9 Å². The van der Waals surface area contributed by atoms with Crippen LogP contribution < -0.4 is 119 Å². The normalized spacial score (nSPS) is 13.3. The SMILES string of the molecule is COC(=O)c1cc(C)ccc1F.Cc1ccc2c(c1)c(=O)[nH]c1c(C#N)c(C3(c4ccc(Cl)cc4)CC3)nn12.N#Cc1c(N)n[nH]c1C1(c2ccc(Cl)cc2)CC1.O=CO[O-].[H-].[K+].[K+]. The standard InChI is InChI=1S/C21H15ClN4O.C13H11ClN4.C9H9FO2.CH2O3.2K.H/c1-12-2-7-17-15(10-12)20(27)24-19-16(11-23)18(25-26(17)19)21(8-9-21)13-3-5-14(22)6-4-13;14-9-3-1-8(2-4-9)13(5-6-13)11-10(7-15)12(16)18-17-11;1-6-3-4-8(10)7(5-6)9(11)12-2;2-1-4-3;;;/h2-7,10H,8-9H2,1H3,(H,24,27);1-4H,5-6H2,(H3,16,17,18);3-5H,1-2H3;1,3H;;;/q;;;;2*+1;-1/p-1. The van der Waals surface area contributed by atoms with Crippen molar-refractivity contribution < 1.29 is 133 Å². The first-order chi connectivity index (χ1) is 29.3. The monoisotopic (exact) mass is 940 g/mol. The van der Waals surface area contributed by atoms with Crippen molar-refractivity contribution in [3.8, 4) is 12.1 Å². The summed E-state index contributed by atoms with van der Waals surface area (Å²) < 4.78 is 19.0. The van der Waals surface area contributed by atoms with Gasteiger partial charge in [0.15, 0.2) is 11.5 Å². The van der Waals surface area contributed by atoms with E-state index in [0.29, 0.717) is 37.7 Å². The van der Waals surface area contributed by atoms with Gasteiger partial charge in [0.2, 0.25) is 0 Å². The summed E-state index contributed by atoms with van der Waals surface area (Å²) in [7, 11) is 1.23. The molecule has 63 heavy (non-hydrogen) atoms. The summed E-state index contributed by atoms with van der Waals surface area (Å²) in [6, 6.07) is 29.8. The van der Waals surface area contributed by atoms with E-state index >= 15 is 0 Å². The smallest absolute Gasteiger partial charge is 1.00 e. The quantitative estimate of drug-likeness (QED) is 0.0705. The number of hydrogen-bond acceptors (Lipinski definition) is 11. The summed E-state index contributed by atoms with van der Waals surface area (Å²) in [5, 5.41) is 41.0. The summed E-state index contributed by atoms with van der Waals surface area (Å²) in [4.78, 5) is 37.6. The van der Waals surface area contributed by atoms with Gasteiger partial charge in [0.1, 0.15) is 29.1 Å². The van der Waals surface area contributed by atoms with Gasteiger partial charge in [-0.3, -0.25) is 14.7 Å². The van der Waals surface area contributed by atoms with Crippen molar-refractivity contribution in [3.63, 3.8) is 0 Å². The van der Waals surface area contributed by atoms with E-state index in [2.05, 4.69) is 36.9 Å². The Morgan fingerprint density at radius 1 is 0.905 bits per heavy atom. The van der Waals surface area contributed by atoms with Gasteiger partial charge in [0.25, 0.3) is 12.0 Å². The fraction of sp³-hybridized carbons (Fsp3) is 0.205. The van der Waals surface area contributed by atoms with E-state index in [1.54, 1.807) is 17.5 Å². The molecule has 7 aromatic rings. The number of esters is 1. The van der Waals surface area contributed by atoms with Gasteiger partial charge in [-0.25, -0.2) is 13.7 Å². The van der Waals surface area contributed by atoms with Crippen molar-refractivity contribution >= 4 is 58.0 Å². The zero-order valence-corrected chi connectivity index (χ0v) is 42.6. The third-order valence-corrected chi connectivity index (χ3v) is 11.1. The van der Waals surface area contributed by atoms with Crippen LogP contribution >= 0.6 is 23.2 Å². The van der Waals surface area contributed by atoms with E-state index in [4.69, 9.17) is 49.3 Å². The van der Waals surface area contributed by atoms with Crippen LogP contribution in [0.2, 0.25) is 10.0 Å². The number of nitriles is 2. The number of benzene rings is 4. The van der Waals surface area contributed by atoms with Crippen molar-refractivity contribution in [2.75, 3.05) is 12.8 Å². The molecule has 0 saturated heterocycles. The van der Waals surface area contributed by atoms with Gasteiger partial charge in [0.05, 0.1) is 35.0 Å². The Balaban J connectivity index is 0.000000256. The summed E-state index contributed by atoms with van der Waals surface area (Å²) >= 11 is 11.9. The predicted octanol–water partition coefficient (Wildman–Crippen LogP) is 1.16. The van der Waals surface area contributed by atoms with Crippen LogP contribution in [0.3, 0.4) is 0 Å². The van der Waals surface area contributed by atoms with Crippen molar-refractivity contribution in [2.45, 2.75) is 50.4 Å². The summed E-state index contributed by atoms with van der Waals surface area (Å²) in [6.07, 6.45) is 3.80. The number of nitrogens with two attached hydrogens (primary N) is 1. The van der Waals surface area contributed by atoms with Crippen molar-refractivity contribution in [1.82, 2.24) is 24.8 Å². The predicted molar refractivity (Wildman–Crippen MR) is 224 cm³/mol. The number of fused-ring (bicyclic) bond motifs is 3. The van der Waals surface area contributed by atoms with Crippen LogP contribution in [0.15, 0.2) is 89.7 Å². The Morgan fingerprint density at radius 3 is 1.94 bits per heavy atom. The largest absolute Gasteiger partial charge is 1.00 e. The third kappa shape index (κ3) is 11.2. The number of anilines is 1. The van der Waals surface area contributed by atoms with Crippen LogP contribution in [0.25, 0.3) is 16.6 Å². The number of ether oxygens (including phenoxy) is 1. The van der Waals surface area contributed by atoms with Gasteiger partial charge >= 0.3 is 109 Å². The number of carbonyl (C=O) groups is 2. The Morgan fingerprint density at radius 2 is 1.43 bits per heavy atom. The molecule has 9 rings (SSSR count). The Labute approximate surface area is 457 Å². The molecule has 14 nitrogen and oxygen atoms in total. The molecule has 4 N–H and O–H groups in total. The van der Waals surface area contributed by atoms with Crippen LogP contribution in [0.1, 0.15) is 82.2 Å². The number of H-pyrrole nitrogens is 2. The minimum absolute atomic E-state index is 0. The topological polar surface area (TPSA) is 228 Å². The van der Waals surface area contributed by atoms with E-state index in [0.717, 1.165) is 59.3 Å². The van der Waals surface area contributed by atoms with Gasteiger partial charge in [-0.05, 0) is 99.2 Å². The molecule has 2 saturated carbocycles. The average molecular weight is 942 g/mol. The zero-order chi connectivity index (χ0) is 44.1. The number of hydrogen-bond donors (Lipinski definition) is 3. The number of rotatable bonds is 6. The maximum atomic E-state index is 12.9. The van der Waals surface area contributed by atoms with E-state index in [9.17, 15) is 19.2 Å². The van der Waals surface area contributed by atoms with E-state index in [1.807, 2.05) is 73.7 Å². The minimum atomic E-state index is -0.642. The Kier molecular flexibility index (Phi) is 18.5. The zero-order valence-electron chi connectivity index (χ0n) is 35.9. The van der Waals surface area contributed by atoms with E-state index in [-0.39, 0.29) is 138 Å². The first kappa shape index (κ1) is 51.9. The molecule has 19 heteroatoms. The Hall–Kier alpha value is -3.77. The van der Waals surface area contributed by atoms with Crippen LogP contribution in [0.5, 0.6) is 0 Å². The molecule has 0 bridgehead atoms. The first-order valence-electron chi connectivity index (χ1n) is 18.6. The first-order valence-corrected chi connectivity index (χ1v) is 19.3. The maximum Gasteiger partial charge on any atom is 1.00 e. The van der Waals surface area contributed by atoms with E-state index < -0.39 is 11.8 Å². The molecule has 0 aliphatic heterocycles. The minimum Gasteiger partial charge on any atom is -1.00 e. The molecular formula is C44H37Cl2FK2N8O6. The van der Waals surface area contributed by atoms with Gasteiger partial charge in [-0.2, -0.15) is 20.7 Å². The molecule has 0 amide bonds. The number of aromatic amines is 2. The summed E-state index contributed by atoms with van der Waals surface area (Å²) in [6.45, 7) is 3.55. The van der Waals surface area contributed by atoms with Crippen molar-refractivity contribution in [3.05, 3.63) is 161 Å². The number of nitrogen functional groups attached to an aromatic ring is 1. The number of nitrogens with zero attached hydrogens (tertiary/aromatic N) is 5. The van der Waals surface area contributed by atoms with Crippen LogP contribution in [0, 0.1) is 42.3 Å². The summed E-state index contributed by atoms with van der Waals surface area (Å²) in [5.41, 5.74) is 12.7. The van der Waals surface area contributed by atoms with Crippen molar-refractivity contribution in [2.24, 2.45) is 0 Å². The van der Waals surface area contributed by atoms with E-state index in [1.165, 1.54) is 19.2 Å². The molecule has 2 fully saturated rings. The molecule has 0 radical (unpaired) electrons. The van der Waals surface area contributed by atoms with Gasteiger partial charge in [-0.15, -0.1) is 0 Å². The third-order valence-electron chi connectivity index (χ3n) is 10.6. The molecule has 0 atom stereocenters. The molecule has 3 aromatic heterocycles. The number of carbonyl (C=O) groups excluding carboxylic acids is 2. The fourth-order valence-corrected chi connectivity index (χ4v) is 7.45. The molecule has 3 heterocycles. The fourth-order valence-electron chi connectivity index (χ4n) is 7.19. The second-order valence-electron chi connectivity index (χ2n) is 14.4. The summed E-state index contributed by atoms with van der Waals surface area (Å²) in [5.74, 6) is -0.920. The Bertz CT molecular complexity index is 2930. The molecule has 2 aliphatic carbocycles. The molecule has 0 unspecified atom stereocenters. The number of methoxy groups -OCH3 is 1. The maximum absolute atomic E-state index is 12.9. The van der Waals surface area contributed by atoms with Crippen LogP contribution in [-0.4, -0.2) is 44.3 Å². The number of aromatic nitrogens is 5. The number of aryl methyl sites for hydroxylation is 2.